The largest absolute Gasteiger partial charge is 0.378 e. The van der Waals surface area contributed by atoms with Crippen molar-refractivity contribution in [3.05, 3.63) is 29.0 Å². The first-order valence-electron chi connectivity index (χ1n) is 4.53. The standard InChI is InChI=1S/C10H12ClNO2/c1-13-10(5-6-14-7-10)8-3-2-4-9(11)12-8/h2-4H,5-7H2,1H3. The van der Waals surface area contributed by atoms with Gasteiger partial charge >= 0.3 is 0 Å². The van der Waals surface area contributed by atoms with E-state index < -0.39 is 5.60 Å². The van der Waals surface area contributed by atoms with Crippen LogP contribution >= 0.6 is 11.6 Å². The molecule has 1 aliphatic heterocycles. The van der Waals surface area contributed by atoms with Crippen LogP contribution in [-0.2, 0) is 15.1 Å². The van der Waals surface area contributed by atoms with Gasteiger partial charge in [-0.3, -0.25) is 0 Å². The Hall–Kier alpha value is -0.640. The van der Waals surface area contributed by atoms with Crippen molar-refractivity contribution in [1.82, 2.24) is 4.98 Å². The summed E-state index contributed by atoms with van der Waals surface area (Å²) in [5.74, 6) is 0. The normalized spacial score (nSPS) is 26.7. The fourth-order valence-electron chi connectivity index (χ4n) is 1.68. The summed E-state index contributed by atoms with van der Waals surface area (Å²) in [6.45, 7) is 1.26. The highest BCUT2D eigenvalue weighted by atomic mass is 35.5. The van der Waals surface area contributed by atoms with Crippen molar-refractivity contribution < 1.29 is 9.47 Å². The average molecular weight is 214 g/mol. The molecule has 1 saturated heterocycles. The summed E-state index contributed by atoms with van der Waals surface area (Å²) in [6, 6.07) is 5.55. The molecule has 0 N–H and O–H groups in total. The van der Waals surface area contributed by atoms with Gasteiger partial charge in [0.1, 0.15) is 10.8 Å². The molecular formula is C10H12ClNO2. The van der Waals surface area contributed by atoms with Gasteiger partial charge in [0, 0.05) is 20.1 Å². The number of methoxy groups -OCH3 is 1. The smallest absolute Gasteiger partial charge is 0.135 e. The maximum absolute atomic E-state index is 5.83. The summed E-state index contributed by atoms with van der Waals surface area (Å²) < 4.78 is 10.8. The van der Waals surface area contributed by atoms with Gasteiger partial charge in [0.25, 0.3) is 0 Å². The van der Waals surface area contributed by atoms with Gasteiger partial charge in [0.05, 0.1) is 12.3 Å². The molecule has 1 aliphatic rings. The molecule has 1 aromatic rings. The van der Waals surface area contributed by atoms with E-state index in [0.717, 1.165) is 12.1 Å². The third-order valence-electron chi connectivity index (χ3n) is 2.56. The summed E-state index contributed by atoms with van der Waals surface area (Å²) in [4.78, 5) is 4.26. The van der Waals surface area contributed by atoms with Gasteiger partial charge in [-0.25, -0.2) is 4.98 Å². The Morgan fingerprint density at radius 3 is 3.00 bits per heavy atom. The van der Waals surface area contributed by atoms with Crippen molar-refractivity contribution in [3.8, 4) is 0 Å². The van der Waals surface area contributed by atoms with E-state index in [1.807, 2.05) is 12.1 Å². The lowest BCUT2D eigenvalue weighted by atomic mass is 9.98. The van der Waals surface area contributed by atoms with Crippen LogP contribution in [0.15, 0.2) is 18.2 Å². The molecular weight excluding hydrogens is 202 g/mol. The maximum atomic E-state index is 5.83. The van der Waals surface area contributed by atoms with Gasteiger partial charge in [0.2, 0.25) is 0 Å². The molecule has 3 nitrogen and oxygen atoms in total. The van der Waals surface area contributed by atoms with Gasteiger partial charge in [0.15, 0.2) is 0 Å². The lowest BCUT2D eigenvalue weighted by Crippen LogP contribution is -2.29. The van der Waals surface area contributed by atoms with Crippen LogP contribution in [0.1, 0.15) is 12.1 Å². The first-order valence-corrected chi connectivity index (χ1v) is 4.91. The monoisotopic (exact) mass is 213 g/mol. The molecule has 4 heteroatoms. The van der Waals surface area contributed by atoms with Crippen molar-refractivity contribution in [2.75, 3.05) is 20.3 Å². The molecule has 1 unspecified atom stereocenters. The second kappa shape index (κ2) is 3.85. The van der Waals surface area contributed by atoms with Crippen LogP contribution in [0, 0.1) is 0 Å². The molecule has 0 radical (unpaired) electrons. The minimum Gasteiger partial charge on any atom is -0.378 e. The van der Waals surface area contributed by atoms with Gasteiger partial charge in [-0.2, -0.15) is 0 Å². The first-order chi connectivity index (χ1) is 6.77. The zero-order valence-electron chi connectivity index (χ0n) is 8.00. The second-order valence-electron chi connectivity index (χ2n) is 3.35. The molecule has 2 rings (SSSR count). The predicted octanol–water partition coefficient (Wildman–Crippen LogP) is 2.00. The Morgan fingerprint density at radius 1 is 1.57 bits per heavy atom. The summed E-state index contributed by atoms with van der Waals surface area (Å²) in [6.07, 6.45) is 0.830. The van der Waals surface area contributed by atoms with Crippen LogP contribution in [0.4, 0.5) is 0 Å². The van der Waals surface area contributed by atoms with E-state index in [4.69, 9.17) is 21.1 Å². The average Bonchev–Trinajstić information content (AvgIpc) is 2.67. The van der Waals surface area contributed by atoms with Gasteiger partial charge < -0.3 is 9.47 Å². The molecule has 14 heavy (non-hydrogen) atoms. The van der Waals surface area contributed by atoms with E-state index in [-0.39, 0.29) is 0 Å². The lowest BCUT2D eigenvalue weighted by Gasteiger charge is -2.24. The first kappa shape index (κ1) is 9.90. The fraction of sp³-hybridized carbons (Fsp3) is 0.500. The molecule has 1 atom stereocenters. The highest BCUT2D eigenvalue weighted by Gasteiger charge is 2.38. The van der Waals surface area contributed by atoms with E-state index in [1.165, 1.54) is 0 Å². The molecule has 0 saturated carbocycles. The Labute approximate surface area is 88.0 Å². The minimum absolute atomic E-state index is 0.398. The zero-order valence-corrected chi connectivity index (χ0v) is 8.75. The van der Waals surface area contributed by atoms with E-state index in [9.17, 15) is 0 Å². The van der Waals surface area contributed by atoms with Crippen LogP contribution in [0.5, 0.6) is 0 Å². The van der Waals surface area contributed by atoms with Crippen molar-refractivity contribution >= 4 is 11.6 Å². The van der Waals surface area contributed by atoms with Gasteiger partial charge in [-0.05, 0) is 12.1 Å². The number of rotatable bonds is 2. The topological polar surface area (TPSA) is 31.4 Å². The summed E-state index contributed by atoms with van der Waals surface area (Å²) in [5.41, 5.74) is 0.454. The number of aromatic nitrogens is 1. The number of ether oxygens (including phenoxy) is 2. The van der Waals surface area contributed by atoms with Crippen LogP contribution in [0.2, 0.25) is 5.15 Å². The number of hydrogen-bond acceptors (Lipinski definition) is 3. The molecule has 0 aliphatic carbocycles. The van der Waals surface area contributed by atoms with E-state index >= 15 is 0 Å². The fourth-order valence-corrected chi connectivity index (χ4v) is 1.84. The Morgan fingerprint density at radius 2 is 2.43 bits per heavy atom. The Bertz CT molecular complexity index is 324. The lowest BCUT2D eigenvalue weighted by molar-refractivity contribution is -0.0245. The summed E-state index contributed by atoms with van der Waals surface area (Å²) in [7, 11) is 1.68. The summed E-state index contributed by atoms with van der Waals surface area (Å²) >= 11 is 5.83. The Balaban J connectivity index is 2.35. The molecule has 0 amide bonds. The van der Waals surface area contributed by atoms with E-state index in [0.29, 0.717) is 18.4 Å². The second-order valence-corrected chi connectivity index (χ2v) is 3.73. The molecule has 2 heterocycles. The molecule has 0 spiro atoms. The van der Waals surface area contributed by atoms with Crippen molar-refractivity contribution in [2.24, 2.45) is 0 Å². The van der Waals surface area contributed by atoms with Crippen molar-refractivity contribution in [3.63, 3.8) is 0 Å². The Kier molecular flexibility index (Phi) is 2.72. The van der Waals surface area contributed by atoms with Crippen molar-refractivity contribution in [2.45, 2.75) is 12.0 Å². The molecule has 0 aromatic carbocycles. The van der Waals surface area contributed by atoms with Crippen LogP contribution in [0.3, 0.4) is 0 Å². The quantitative estimate of drug-likeness (QED) is 0.705. The van der Waals surface area contributed by atoms with Crippen LogP contribution < -0.4 is 0 Å². The third kappa shape index (κ3) is 1.63. The van der Waals surface area contributed by atoms with E-state index in [1.54, 1.807) is 13.2 Å². The summed E-state index contributed by atoms with van der Waals surface area (Å²) in [5, 5.41) is 0.492. The number of nitrogens with zero attached hydrogens (tertiary/aromatic N) is 1. The molecule has 0 bridgehead atoms. The van der Waals surface area contributed by atoms with Crippen LogP contribution in [-0.4, -0.2) is 25.3 Å². The third-order valence-corrected chi connectivity index (χ3v) is 2.77. The number of hydrogen-bond donors (Lipinski definition) is 0. The van der Waals surface area contributed by atoms with Gasteiger partial charge in [-0.15, -0.1) is 0 Å². The molecule has 76 valence electrons. The van der Waals surface area contributed by atoms with Crippen molar-refractivity contribution in [1.29, 1.82) is 0 Å². The van der Waals surface area contributed by atoms with E-state index in [2.05, 4.69) is 4.98 Å². The minimum atomic E-state index is -0.398. The predicted molar refractivity (Wildman–Crippen MR) is 53.4 cm³/mol. The van der Waals surface area contributed by atoms with Crippen LogP contribution in [0.25, 0.3) is 0 Å². The highest BCUT2D eigenvalue weighted by molar-refractivity contribution is 6.29. The number of halogens is 1. The molecule has 1 fully saturated rings. The highest BCUT2D eigenvalue weighted by Crippen LogP contribution is 2.32. The zero-order chi connectivity index (χ0) is 10.0. The molecule has 1 aromatic heterocycles. The number of pyridine rings is 1. The van der Waals surface area contributed by atoms with Gasteiger partial charge in [-0.1, -0.05) is 17.7 Å². The maximum Gasteiger partial charge on any atom is 0.135 e. The SMILES string of the molecule is COC1(c2cccc(Cl)n2)CCOC1.